The molecule has 1 unspecified atom stereocenters. The van der Waals surface area contributed by atoms with Crippen molar-refractivity contribution in [1.82, 2.24) is 0 Å². The lowest BCUT2D eigenvalue weighted by Gasteiger charge is -2.25. The van der Waals surface area contributed by atoms with Gasteiger partial charge in [-0.3, -0.25) is 0 Å². The third kappa shape index (κ3) is 1.98. The van der Waals surface area contributed by atoms with Gasteiger partial charge < -0.3 is 5.73 Å². The Labute approximate surface area is 109 Å². The molecule has 2 rings (SSSR count). The lowest BCUT2D eigenvalue weighted by atomic mass is 9.91. The van der Waals surface area contributed by atoms with E-state index >= 15 is 0 Å². The van der Waals surface area contributed by atoms with Gasteiger partial charge in [0.1, 0.15) is 0 Å². The second-order valence-corrected chi connectivity index (χ2v) is 5.51. The lowest BCUT2D eigenvalue weighted by Crippen LogP contribution is -2.33. The minimum absolute atomic E-state index is 0.649. The van der Waals surface area contributed by atoms with Crippen molar-refractivity contribution in [3.63, 3.8) is 0 Å². The number of nitrogens with two attached hydrogens (primary N) is 1. The fraction of sp³-hybridized carbons (Fsp3) is 0.167. The maximum absolute atomic E-state index is 6.35. The quantitative estimate of drug-likeness (QED) is 0.867. The number of hydrogen-bond acceptors (Lipinski definition) is 2. The maximum Gasteiger partial charge on any atom is 0.0760 e. The van der Waals surface area contributed by atoms with Gasteiger partial charge in [-0.25, -0.2) is 0 Å². The Hall–Kier alpha value is -0.540. The van der Waals surface area contributed by atoms with Crippen LogP contribution in [0.3, 0.4) is 0 Å². The maximum atomic E-state index is 6.35. The van der Waals surface area contributed by atoms with Crippen LogP contribution in [-0.2, 0) is 5.54 Å². The Kier molecular flexibility index (Phi) is 3.27. The summed E-state index contributed by atoms with van der Waals surface area (Å²) >= 11 is 13.8. The van der Waals surface area contributed by atoms with E-state index in [1.807, 2.05) is 42.6 Å². The van der Waals surface area contributed by atoms with Gasteiger partial charge in [-0.05, 0) is 30.0 Å². The van der Waals surface area contributed by atoms with Crippen molar-refractivity contribution in [2.24, 2.45) is 5.73 Å². The van der Waals surface area contributed by atoms with Crippen molar-refractivity contribution in [3.8, 4) is 0 Å². The molecule has 1 aromatic carbocycles. The highest BCUT2D eigenvalue weighted by Crippen LogP contribution is 2.38. The number of halogens is 2. The highest BCUT2D eigenvalue weighted by Gasteiger charge is 2.29. The summed E-state index contributed by atoms with van der Waals surface area (Å²) in [4.78, 5) is 0.933. The molecular weight excluding hydrogens is 261 g/mol. The minimum atomic E-state index is -0.649. The van der Waals surface area contributed by atoms with Crippen molar-refractivity contribution in [2.45, 2.75) is 12.5 Å². The summed E-state index contributed by atoms with van der Waals surface area (Å²) in [6.45, 7) is 1.92. The van der Waals surface area contributed by atoms with Crippen LogP contribution in [0, 0.1) is 0 Å². The molecule has 0 aliphatic heterocycles. The van der Waals surface area contributed by atoms with Crippen molar-refractivity contribution in [1.29, 1.82) is 0 Å². The SMILES string of the molecule is CC(N)(c1ccccc1Cl)c1sccc1Cl. The first-order valence-electron chi connectivity index (χ1n) is 4.81. The summed E-state index contributed by atoms with van der Waals surface area (Å²) in [5.74, 6) is 0. The zero-order chi connectivity index (χ0) is 11.8. The van der Waals surface area contributed by atoms with Crippen molar-refractivity contribution < 1.29 is 0 Å². The topological polar surface area (TPSA) is 26.0 Å². The molecule has 0 saturated heterocycles. The van der Waals surface area contributed by atoms with Crippen LogP contribution in [0.4, 0.5) is 0 Å². The van der Waals surface area contributed by atoms with Gasteiger partial charge >= 0.3 is 0 Å². The van der Waals surface area contributed by atoms with Crippen molar-refractivity contribution in [2.75, 3.05) is 0 Å². The van der Waals surface area contributed by atoms with Gasteiger partial charge in [-0.2, -0.15) is 0 Å². The third-order valence-corrected chi connectivity index (χ3v) is 4.43. The molecule has 1 aromatic heterocycles. The lowest BCUT2D eigenvalue weighted by molar-refractivity contribution is 0.617. The Morgan fingerprint density at radius 2 is 1.81 bits per heavy atom. The fourth-order valence-corrected chi connectivity index (χ4v) is 3.34. The first-order valence-corrected chi connectivity index (χ1v) is 6.44. The molecule has 0 bridgehead atoms. The summed E-state index contributed by atoms with van der Waals surface area (Å²) < 4.78 is 0. The van der Waals surface area contributed by atoms with Crippen LogP contribution in [0.25, 0.3) is 0 Å². The van der Waals surface area contributed by atoms with Crippen LogP contribution in [-0.4, -0.2) is 0 Å². The summed E-state index contributed by atoms with van der Waals surface area (Å²) in [6.07, 6.45) is 0. The first-order chi connectivity index (χ1) is 7.53. The summed E-state index contributed by atoms with van der Waals surface area (Å²) in [7, 11) is 0. The van der Waals surface area contributed by atoms with Crippen LogP contribution in [0.2, 0.25) is 10.0 Å². The number of thiophene rings is 1. The second kappa shape index (κ2) is 4.38. The monoisotopic (exact) mass is 271 g/mol. The molecule has 0 aliphatic carbocycles. The normalized spacial score (nSPS) is 14.8. The van der Waals surface area contributed by atoms with Crippen molar-refractivity contribution >= 4 is 34.5 Å². The van der Waals surface area contributed by atoms with E-state index < -0.39 is 5.54 Å². The van der Waals surface area contributed by atoms with Crippen LogP contribution < -0.4 is 5.73 Å². The smallest absolute Gasteiger partial charge is 0.0760 e. The molecule has 1 heterocycles. The highest BCUT2D eigenvalue weighted by atomic mass is 35.5. The molecular formula is C12H11Cl2NS. The van der Waals surface area contributed by atoms with Gasteiger partial charge in [0.2, 0.25) is 0 Å². The Bertz CT molecular complexity index is 505. The first kappa shape index (κ1) is 11.9. The van der Waals surface area contributed by atoms with Gasteiger partial charge in [0.15, 0.2) is 0 Å². The van der Waals surface area contributed by atoms with E-state index in [0.29, 0.717) is 10.0 Å². The van der Waals surface area contributed by atoms with E-state index in [2.05, 4.69) is 0 Å². The van der Waals surface area contributed by atoms with Crippen LogP contribution in [0.1, 0.15) is 17.4 Å². The third-order valence-electron chi connectivity index (χ3n) is 2.52. The number of rotatable bonds is 2. The van der Waals surface area contributed by atoms with Crippen LogP contribution in [0.5, 0.6) is 0 Å². The minimum Gasteiger partial charge on any atom is -0.317 e. The number of benzene rings is 1. The van der Waals surface area contributed by atoms with Gasteiger partial charge in [-0.1, -0.05) is 41.4 Å². The fourth-order valence-electron chi connectivity index (χ4n) is 1.67. The largest absolute Gasteiger partial charge is 0.317 e. The van der Waals surface area contributed by atoms with Gasteiger partial charge in [0.25, 0.3) is 0 Å². The van der Waals surface area contributed by atoms with E-state index in [-0.39, 0.29) is 0 Å². The van der Waals surface area contributed by atoms with E-state index in [1.165, 1.54) is 0 Å². The van der Waals surface area contributed by atoms with Crippen LogP contribution in [0.15, 0.2) is 35.7 Å². The van der Waals surface area contributed by atoms with E-state index in [1.54, 1.807) is 11.3 Å². The van der Waals surface area contributed by atoms with Gasteiger partial charge in [0, 0.05) is 9.90 Å². The van der Waals surface area contributed by atoms with E-state index in [9.17, 15) is 0 Å². The zero-order valence-corrected chi connectivity index (χ0v) is 11.0. The molecule has 0 saturated carbocycles. The molecule has 4 heteroatoms. The van der Waals surface area contributed by atoms with Gasteiger partial charge in [-0.15, -0.1) is 11.3 Å². The zero-order valence-electron chi connectivity index (χ0n) is 8.71. The van der Waals surface area contributed by atoms with E-state index in [4.69, 9.17) is 28.9 Å². The standard InChI is InChI=1S/C12H11Cl2NS/c1-12(15,11-10(14)6-7-16-11)8-4-2-3-5-9(8)13/h2-7H,15H2,1H3. The molecule has 2 N–H and O–H groups in total. The van der Waals surface area contributed by atoms with Crippen LogP contribution >= 0.6 is 34.5 Å². The predicted octanol–water partition coefficient (Wildman–Crippen LogP) is 4.28. The summed E-state index contributed by atoms with van der Waals surface area (Å²) in [5, 5.41) is 3.28. The Balaban J connectivity index is 2.55. The molecule has 16 heavy (non-hydrogen) atoms. The molecule has 0 radical (unpaired) electrons. The van der Waals surface area contributed by atoms with Crippen molar-refractivity contribution in [3.05, 3.63) is 56.2 Å². The Morgan fingerprint density at radius 3 is 2.38 bits per heavy atom. The van der Waals surface area contributed by atoms with E-state index in [0.717, 1.165) is 10.4 Å². The molecule has 0 fully saturated rings. The average molecular weight is 272 g/mol. The molecule has 0 spiro atoms. The van der Waals surface area contributed by atoms with Gasteiger partial charge in [0.05, 0.1) is 10.6 Å². The highest BCUT2D eigenvalue weighted by molar-refractivity contribution is 7.10. The molecule has 84 valence electrons. The Morgan fingerprint density at radius 1 is 1.12 bits per heavy atom. The molecule has 0 amide bonds. The summed E-state index contributed by atoms with van der Waals surface area (Å²) in [6, 6.07) is 9.43. The average Bonchev–Trinajstić information content (AvgIpc) is 2.65. The predicted molar refractivity (Wildman–Crippen MR) is 71.4 cm³/mol. The second-order valence-electron chi connectivity index (χ2n) is 3.78. The number of hydrogen-bond donors (Lipinski definition) is 1. The summed E-state index contributed by atoms with van der Waals surface area (Å²) in [5.41, 5.74) is 6.59. The molecule has 2 aromatic rings. The molecule has 1 nitrogen and oxygen atoms in total. The molecule has 0 aliphatic rings. The molecule has 1 atom stereocenters.